The van der Waals surface area contributed by atoms with Crippen LogP contribution in [0.3, 0.4) is 0 Å². The van der Waals surface area contributed by atoms with Crippen molar-refractivity contribution in [2.45, 2.75) is 76.2 Å². The van der Waals surface area contributed by atoms with Gasteiger partial charge in [-0.1, -0.05) is 6.92 Å². The average molecular weight is 348 g/mol. The summed E-state index contributed by atoms with van der Waals surface area (Å²) in [5.41, 5.74) is 6.60. The Morgan fingerprint density at radius 1 is 1.28 bits per heavy atom. The molecule has 0 aromatic carbocycles. The van der Waals surface area contributed by atoms with Crippen LogP contribution < -0.4 is 11.1 Å². The average Bonchev–Trinajstić information content (AvgIpc) is 3.04. The number of rotatable bonds is 1. The SMILES string of the molecule is C[C@H]1NC(=O)CCC2[C@]1(N)CC[C@@]1(C)O[C@H](C3=CCOC3=O)C[C@@]21C. The molecule has 0 aromatic heterocycles. The minimum atomic E-state index is -0.441. The summed E-state index contributed by atoms with van der Waals surface area (Å²) in [7, 11) is 0. The number of carbonyl (C=O) groups is 2. The zero-order chi connectivity index (χ0) is 18.0. The first-order valence-electron chi connectivity index (χ1n) is 9.33. The Kier molecular flexibility index (Phi) is 3.61. The minimum Gasteiger partial charge on any atom is -0.458 e. The van der Waals surface area contributed by atoms with Crippen LogP contribution in [-0.2, 0) is 19.1 Å². The number of fused-ring (bicyclic) bond motifs is 3. The lowest BCUT2D eigenvalue weighted by Crippen LogP contribution is -2.69. The fourth-order valence-electron chi connectivity index (χ4n) is 5.81. The first kappa shape index (κ1) is 17.0. The van der Waals surface area contributed by atoms with Gasteiger partial charge in [-0.15, -0.1) is 0 Å². The number of ether oxygens (including phenoxy) is 2. The van der Waals surface area contributed by atoms with Crippen LogP contribution in [-0.4, -0.2) is 41.8 Å². The molecule has 0 aromatic rings. The van der Waals surface area contributed by atoms with Crippen molar-refractivity contribution in [2.75, 3.05) is 6.61 Å². The van der Waals surface area contributed by atoms with Gasteiger partial charge in [0, 0.05) is 23.4 Å². The molecule has 0 spiro atoms. The summed E-state index contributed by atoms with van der Waals surface area (Å²) in [6, 6.07) is -0.0661. The molecule has 4 aliphatic rings. The second kappa shape index (κ2) is 5.30. The summed E-state index contributed by atoms with van der Waals surface area (Å²) in [5.74, 6) is -0.0220. The van der Waals surface area contributed by atoms with Gasteiger partial charge in [-0.05, 0) is 51.5 Å². The van der Waals surface area contributed by atoms with Crippen LogP contribution in [0.4, 0.5) is 0 Å². The first-order chi connectivity index (χ1) is 11.7. The van der Waals surface area contributed by atoms with Gasteiger partial charge in [0.15, 0.2) is 0 Å². The lowest BCUT2D eigenvalue weighted by atomic mass is 9.50. The van der Waals surface area contributed by atoms with Gasteiger partial charge >= 0.3 is 5.97 Å². The maximum Gasteiger partial charge on any atom is 0.336 e. The third kappa shape index (κ3) is 2.23. The summed E-state index contributed by atoms with van der Waals surface area (Å²) in [6.45, 7) is 6.74. The Morgan fingerprint density at radius 2 is 2.04 bits per heavy atom. The number of hydrogen-bond acceptors (Lipinski definition) is 5. The van der Waals surface area contributed by atoms with Gasteiger partial charge in [0.25, 0.3) is 0 Å². The molecule has 1 aliphatic carbocycles. The van der Waals surface area contributed by atoms with Crippen LogP contribution in [0.1, 0.15) is 52.9 Å². The lowest BCUT2D eigenvalue weighted by molar-refractivity contribution is -0.143. The van der Waals surface area contributed by atoms with Crippen molar-refractivity contribution < 1.29 is 19.1 Å². The minimum absolute atomic E-state index is 0.0661. The van der Waals surface area contributed by atoms with Crippen LogP contribution in [0.5, 0.6) is 0 Å². The number of amides is 1. The molecule has 1 unspecified atom stereocenters. The number of esters is 1. The fraction of sp³-hybridized carbons (Fsp3) is 0.789. The van der Waals surface area contributed by atoms with Crippen molar-refractivity contribution in [2.24, 2.45) is 17.1 Å². The zero-order valence-electron chi connectivity index (χ0n) is 15.3. The van der Waals surface area contributed by atoms with E-state index in [1.807, 2.05) is 13.0 Å². The Labute approximate surface area is 148 Å². The molecular formula is C19H28N2O4. The van der Waals surface area contributed by atoms with E-state index in [1.165, 1.54) is 0 Å². The van der Waals surface area contributed by atoms with E-state index in [0.717, 1.165) is 25.7 Å². The Morgan fingerprint density at radius 3 is 2.72 bits per heavy atom. The van der Waals surface area contributed by atoms with E-state index >= 15 is 0 Å². The third-order valence-electron chi connectivity index (χ3n) is 7.62. The maximum absolute atomic E-state index is 12.1. The molecule has 3 heterocycles. The van der Waals surface area contributed by atoms with Crippen LogP contribution in [0.2, 0.25) is 0 Å². The first-order valence-corrected chi connectivity index (χ1v) is 9.33. The topological polar surface area (TPSA) is 90.7 Å². The van der Waals surface area contributed by atoms with Crippen LogP contribution in [0.15, 0.2) is 11.6 Å². The predicted molar refractivity (Wildman–Crippen MR) is 91.5 cm³/mol. The van der Waals surface area contributed by atoms with Gasteiger partial charge < -0.3 is 20.5 Å². The van der Waals surface area contributed by atoms with Gasteiger partial charge in [0.05, 0.1) is 17.3 Å². The molecule has 25 heavy (non-hydrogen) atoms. The molecule has 6 heteroatoms. The highest BCUT2D eigenvalue weighted by atomic mass is 16.5. The highest BCUT2D eigenvalue weighted by Gasteiger charge is 2.66. The summed E-state index contributed by atoms with van der Waals surface area (Å²) in [4.78, 5) is 24.1. The van der Waals surface area contributed by atoms with E-state index < -0.39 is 5.54 Å². The van der Waals surface area contributed by atoms with E-state index in [-0.39, 0.29) is 41.0 Å². The predicted octanol–water partition coefficient (Wildman–Crippen LogP) is 1.43. The monoisotopic (exact) mass is 348 g/mol. The molecule has 2 saturated heterocycles. The van der Waals surface area contributed by atoms with Crippen LogP contribution in [0.25, 0.3) is 0 Å². The Balaban J connectivity index is 1.71. The molecule has 3 fully saturated rings. The largest absolute Gasteiger partial charge is 0.458 e. The molecule has 1 amide bonds. The molecule has 3 N–H and O–H groups in total. The summed E-state index contributed by atoms with van der Waals surface area (Å²) in [6.07, 6.45) is 5.24. The number of hydrogen-bond donors (Lipinski definition) is 2. The van der Waals surface area contributed by atoms with E-state index in [2.05, 4.69) is 19.2 Å². The second-order valence-electron chi connectivity index (χ2n) is 8.71. The molecule has 0 bridgehead atoms. The van der Waals surface area contributed by atoms with Gasteiger partial charge in [0.1, 0.15) is 6.61 Å². The third-order valence-corrected chi connectivity index (χ3v) is 7.62. The smallest absolute Gasteiger partial charge is 0.336 e. The number of cyclic esters (lactones) is 1. The van der Waals surface area contributed by atoms with Crippen LogP contribution >= 0.6 is 0 Å². The lowest BCUT2D eigenvalue weighted by Gasteiger charge is -2.58. The van der Waals surface area contributed by atoms with E-state index in [0.29, 0.717) is 18.6 Å². The molecule has 4 rings (SSSR count). The van der Waals surface area contributed by atoms with E-state index in [4.69, 9.17) is 15.2 Å². The number of carbonyl (C=O) groups excluding carboxylic acids is 2. The zero-order valence-corrected chi connectivity index (χ0v) is 15.3. The van der Waals surface area contributed by atoms with Crippen molar-refractivity contribution >= 4 is 11.9 Å². The normalized spacial score (nSPS) is 49.6. The number of nitrogens with one attached hydrogen (secondary N) is 1. The van der Waals surface area contributed by atoms with E-state index in [9.17, 15) is 9.59 Å². The van der Waals surface area contributed by atoms with Crippen molar-refractivity contribution in [3.63, 3.8) is 0 Å². The highest BCUT2D eigenvalue weighted by Crippen LogP contribution is 2.62. The van der Waals surface area contributed by atoms with Crippen molar-refractivity contribution in [3.05, 3.63) is 11.6 Å². The Hall–Kier alpha value is -1.40. The highest BCUT2D eigenvalue weighted by molar-refractivity contribution is 5.91. The van der Waals surface area contributed by atoms with Crippen molar-refractivity contribution in [1.82, 2.24) is 5.32 Å². The number of nitrogens with two attached hydrogens (primary N) is 1. The molecule has 1 saturated carbocycles. The maximum atomic E-state index is 12.1. The fourth-order valence-corrected chi connectivity index (χ4v) is 5.81. The van der Waals surface area contributed by atoms with E-state index in [1.54, 1.807) is 0 Å². The summed E-state index contributed by atoms with van der Waals surface area (Å²) < 4.78 is 11.6. The molecule has 3 aliphatic heterocycles. The van der Waals surface area contributed by atoms with Crippen molar-refractivity contribution in [1.29, 1.82) is 0 Å². The van der Waals surface area contributed by atoms with Gasteiger partial charge in [-0.25, -0.2) is 4.79 Å². The molecule has 6 atom stereocenters. The van der Waals surface area contributed by atoms with Crippen molar-refractivity contribution in [3.8, 4) is 0 Å². The Bertz CT molecular complexity index is 662. The summed E-state index contributed by atoms with van der Waals surface area (Å²) in [5, 5.41) is 3.07. The van der Waals surface area contributed by atoms with Gasteiger partial charge in [-0.3, -0.25) is 4.79 Å². The molecular weight excluding hydrogens is 320 g/mol. The van der Waals surface area contributed by atoms with Crippen LogP contribution in [0, 0.1) is 11.3 Å². The van der Waals surface area contributed by atoms with Gasteiger partial charge in [-0.2, -0.15) is 0 Å². The molecule has 6 nitrogen and oxygen atoms in total. The molecule has 0 radical (unpaired) electrons. The molecule has 138 valence electrons. The standard InChI is InChI=1S/C19H28N2O4/c1-11-19(20)8-7-18(3)17(2,14(19)4-5-15(22)21-11)10-13(25-18)12-6-9-24-16(12)23/h6,11,13-14H,4-5,7-10,20H2,1-3H3,(H,21,22)/t11-,13+,14?,17+,18-,19+/m1/s1. The second-order valence-corrected chi connectivity index (χ2v) is 8.71. The van der Waals surface area contributed by atoms with Gasteiger partial charge in [0.2, 0.25) is 5.91 Å². The quantitative estimate of drug-likeness (QED) is 0.700. The summed E-state index contributed by atoms with van der Waals surface area (Å²) >= 11 is 0.